The molecule has 0 N–H and O–H groups in total. The topological polar surface area (TPSA) is 51.2 Å². The van der Waals surface area contributed by atoms with Crippen LogP contribution in [0.1, 0.15) is 24.2 Å². The maximum Gasteiger partial charge on any atom is 0.175 e. The molecule has 0 spiro atoms. The van der Waals surface area contributed by atoms with Gasteiger partial charge in [-0.2, -0.15) is 0 Å². The van der Waals surface area contributed by atoms with Gasteiger partial charge in [0.1, 0.15) is 0 Å². The van der Waals surface area contributed by atoms with E-state index in [1.165, 1.54) is 12.1 Å². The van der Waals surface area contributed by atoms with Crippen LogP contribution in [0.3, 0.4) is 0 Å². The Bertz CT molecular complexity index is 455. The zero-order chi connectivity index (χ0) is 11.6. The molecular weight excluding hydrogens is 212 g/mol. The molecule has 82 valence electrons. The van der Waals surface area contributed by atoms with E-state index in [0.717, 1.165) is 6.26 Å². The first-order valence-corrected chi connectivity index (χ1v) is 6.56. The highest BCUT2D eigenvalue weighted by Gasteiger charge is 2.12. The quantitative estimate of drug-likeness (QED) is 0.740. The lowest BCUT2D eigenvalue weighted by Gasteiger charge is -2.04. The second-order valence-electron chi connectivity index (χ2n) is 3.82. The van der Waals surface area contributed by atoms with Gasteiger partial charge in [-0.1, -0.05) is 26.0 Å². The van der Waals surface area contributed by atoms with Crippen molar-refractivity contribution in [3.63, 3.8) is 0 Å². The van der Waals surface area contributed by atoms with Crippen LogP contribution in [-0.4, -0.2) is 20.5 Å². The van der Waals surface area contributed by atoms with Crippen molar-refractivity contribution in [3.05, 3.63) is 29.8 Å². The van der Waals surface area contributed by atoms with Gasteiger partial charge in [-0.15, -0.1) is 0 Å². The van der Waals surface area contributed by atoms with E-state index >= 15 is 0 Å². The van der Waals surface area contributed by atoms with Gasteiger partial charge in [-0.05, 0) is 12.1 Å². The third-order valence-corrected chi connectivity index (χ3v) is 3.22. The van der Waals surface area contributed by atoms with Gasteiger partial charge in [-0.25, -0.2) is 8.42 Å². The minimum Gasteiger partial charge on any atom is -0.294 e. The Kier molecular flexibility index (Phi) is 3.29. The highest BCUT2D eigenvalue weighted by molar-refractivity contribution is 7.90. The molecule has 0 unspecified atom stereocenters. The fraction of sp³-hybridized carbons (Fsp3) is 0.364. The van der Waals surface area contributed by atoms with Gasteiger partial charge in [0.25, 0.3) is 0 Å². The van der Waals surface area contributed by atoms with Crippen LogP contribution in [0.2, 0.25) is 0 Å². The average Bonchev–Trinajstić information content (AvgIpc) is 2.15. The van der Waals surface area contributed by atoms with E-state index in [0.29, 0.717) is 5.56 Å². The molecule has 15 heavy (non-hydrogen) atoms. The molecule has 4 heteroatoms. The van der Waals surface area contributed by atoms with Crippen molar-refractivity contribution in [3.8, 4) is 0 Å². The number of rotatable bonds is 3. The average molecular weight is 226 g/mol. The Hall–Kier alpha value is -1.16. The third-order valence-electron chi connectivity index (χ3n) is 2.09. The summed E-state index contributed by atoms with van der Waals surface area (Å²) >= 11 is 0. The molecule has 0 saturated carbocycles. The van der Waals surface area contributed by atoms with Gasteiger partial charge >= 0.3 is 0 Å². The first-order valence-electron chi connectivity index (χ1n) is 4.66. The van der Waals surface area contributed by atoms with Crippen LogP contribution in [0, 0.1) is 5.92 Å². The zero-order valence-corrected chi connectivity index (χ0v) is 9.84. The second-order valence-corrected chi connectivity index (χ2v) is 5.83. The molecule has 0 radical (unpaired) electrons. The largest absolute Gasteiger partial charge is 0.294 e. The Morgan fingerprint density at radius 2 is 1.60 bits per heavy atom. The molecule has 0 heterocycles. The first-order chi connectivity index (χ1) is 6.82. The molecule has 1 rings (SSSR count). The van der Waals surface area contributed by atoms with Crippen LogP contribution < -0.4 is 0 Å². The number of ketones is 1. The fourth-order valence-electron chi connectivity index (χ4n) is 1.20. The maximum atomic E-state index is 11.6. The van der Waals surface area contributed by atoms with Crippen molar-refractivity contribution in [2.24, 2.45) is 5.92 Å². The van der Waals surface area contributed by atoms with Crippen molar-refractivity contribution in [1.29, 1.82) is 0 Å². The van der Waals surface area contributed by atoms with Crippen LogP contribution in [0.5, 0.6) is 0 Å². The molecule has 0 saturated heterocycles. The third kappa shape index (κ3) is 2.89. The smallest absolute Gasteiger partial charge is 0.175 e. The highest BCUT2D eigenvalue weighted by atomic mass is 32.2. The van der Waals surface area contributed by atoms with Crippen molar-refractivity contribution in [2.75, 3.05) is 6.26 Å². The maximum absolute atomic E-state index is 11.6. The highest BCUT2D eigenvalue weighted by Crippen LogP contribution is 2.13. The van der Waals surface area contributed by atoms with Gasteiger partial charge < -0.3 is 0 Å². The van der Waals surface area contributed by atoms with Crippen molar-refractivity contribution in [1.82, 2.24) is 0 Å². The Morgan fingerprint density at radius 1 is 1.13 bits per heavy atom. The molecule has 0 aliphatic carbocycles. The van der Waals surface area contributed by atoms with Crippen molar-refractivity contribution in [2.45, 2.75) is 18.7 Å². The van der Waals surface area contributed by atoms with Gasteiger partial charge in [0.2, 0.25) is 0 Å². The van der Waals surface area contributed by atoms with Gasteiger partial charge in [-0.3, -0.25) is 4.79 Å². The lowest BCUT2D eigenvalue weighted by atomic mass is 10.0. The predicted molar refractivity (Wildman–Crippen MR) is 58.7 cm³/mol. The van der Waals surface area contributed by atoms with Crippen molar-refractivity contribution >= 4 is 15.6 Å². The molecule has 0 aliphatic heterocycles. The van der Waals surface area contributed by atoms with E-state index in [4.69, 9.17) is 0 Å². The molecular formula is C11H14O3S. The lowest BCUT2D eigenvalue weighted by Crippen LogP contribution is -2.07. The van der Waals surface area contributed by atoms with Crippen LogP contribution in [-0.2, 0) is 9.84 Å². The number of sulfone groups is 1. The summed E-state index contributed by atoms with van der Waals surface area (Å²) in [5.41, 5.74) is 0.553. The summed E-state index contributed by atoms with van der Waals surface area (Å²) in [5, 5.41) is 0. The number of benzene rings is 1. The van der Waals surface area contributed by atoms with Gasteiger partial charge in [0, 0.05) is 17.7 Å². The summed E-state index contributed by atoms with van der Waals surface area (Å²) in [6.07, 6.45) is 1.15. The van der Waals surface area contributed by atoms with E-state index in [1.807, 2.05) is 13.8 Å². The SMILES string of the molecule is CC(C)C(=O)c1ccc(S(C)(=O)=O)cc1. The van der Waals surface area contributed by atoms with Crippen LogP contribution in [0.15, 0.2) is 29.2 Å². The summed E-state index contributed by atoms with van der Waals surface area (Å²) in [6.45, 7) is 3.62. The summed E-state index contributed by atoms with van der Waals surface area (Å²) < 4.78 is 22.3. The number of carbonyl (C=O) groups excluding carboxylic acids is 1. The standard InChI is InChI=1S/C11H14O3S/c1-8(2)11(12)9-4-6-10(7-5-9)15(3,13)14/h4-8H,1-3H3. The number of carbonyl (C=O) groups is 1. The molecule has 0 amide bonds. The van der Waals surface area contributed by atoms with Gasteiger partial charge in [0.15, 0.2) is 15.6 Å². The molecule has 0 fully saturated rings. The monoisotopic (exact) mass is 226 g/mol. The molecule has 3 nitrogen and oxygen atoms in total. The van der Waals surface area contributed by atoms with Gasteiger partial charge in [0.05, 0.1) is 4.90 Å². The summed E-state index contributed by atoms with van der Waals surface area (Å²) in [4.78, 5) is 11.8. The van der Waals surface area contributed by atoms with Crippen LogP contribution in [0.4, 0.5) is 0 Å². The fourth-order valence-corrected chi connectivity index (χ4v) is 1.83. The molecule has 0 aliphatic rings. The summed E-state index contributed by atoms with van der Waals surface area (Å²) in [6, 6.07) is 6.04. The lowest BCUT2D eigenvalue weighted by molar-refractivity contribution is 0.0939. The minimum atomic E-state index is -3.18. The molecule has 1 aromatic carbocycles. The Balaban J connectivity index is 3.06. The minimum absolute atomic E-state index is 0.0232. The van der Waals surface area contributed by atoms with E-state index in [2.05, 4.69) is 0 Å². The number of Topliss-reactive ketones (excluding diaryl/α,β-unsaturated/α-hetero) is 1. The summed E-state index contributed by atoms with van der Waals surface area (Å²) in [5.74, 6) is -0.0517. The van der Waals surface area contributed by atoms with E-state index in [1.54, 1.807) is 12.1 Å². The normalized spacial score (nSPS) is 11.7. The number of hydrogen-bond donors (Lipinski definition) is 0. The van der Waals surface area contributed by atoms with Crippen molar-refractivity contribution < 1.29 is 13.2 Å². The molecule has 0 bridgehead atoms. The first kappa shape index (κ1) is 11.9. The summed E-state index contributed by atoms with van der Waals surface area (Å²) in [7, 11) is -3.18. The molecule has 0 atom stereocenters. The van der Waals surface area contributed by atoms with Crippen LogP contribution in [0.25, 0.3) is 0 Å². The van der Waals surface area contributed by atoms with E-state index in [-0.39, 0.29) is 16.6 Å². The van der Waals surface area contributed by atoms with Crippen LogP contribution >= 0.6 is 0 Å². The molecule has 0 aromatic heterocycles. The van der Waals surface area contributed by atoms with E-state index in [9.17, 15) is 13.2 Å². The Morgan fingerprint density at radius 3 is 1.93 bits per heavy atom. The number of hydrogen-bond acceptors (Lipinski definition) is 3. The molecule has 1 aromatic rings. The second kappa shape index (κ2) is 4.14. The predicted octanol–water partition coefficient (Wildman–Crippen LogP) is 1.93. The van der Waals surface area contributed by atoms with E-state index < -0.39 is 9.84 Å². The Labute approximate surface area is 90.0 Å². The zero-order valence-electron chi connectivity index (χ0n) is 9.02.